The topological polar surface area (TPSA) is 108 Å². The number of nitrogens with two attached hydrogens (primary N) is 1. The van der Waals surface area contributed by atoms with Crippen molar-refractivity contribution >= 4 is 33.1 Å². The van der Waals surface area contributed by atoms with E-state index in [9.17, 15) is 18.0 Å². The van der Waals surface area contributed by atoms with Gasteiger partial charge in [-0.15, -0.1) is 11.3 Å². The number of alkyl halides is 3. The summed E-state index contributed by atoms with van der Waals surface area (Å²) in [6.07, 6.45) is -1.15. The molecule has 3 atom stereocenters. The van der Waals surface area contributed by atoms with Crippen molar-refractivity contribution in [2.24, 2.45) is 11.7 Å². The van der Waals surface area contributed by atoms with Gasteiger partial charge in [-0.25, -0.2) is 9.97 Å². The van der Waals surface area contributed by atoms with Crippen molar-refractivity contribution in [3.8, 4) is 22.8 Å². The van der Waals surface area contributed by atoms with E-state index in [4.69, 9.17) is 20.3 Å². The van der Waals surface area contributed by atoms with Crippen LogP contribution in [0, 0.1) is 5.92 Å². The smallest absolute Gasteiger partial charge is 0.429 e. The van der Waals surface area contributed by atoms with E-state index in [1.165, 1.54) is 29.8 Å². The maximum Gasteiger partial charge on any atom is 0.429 e. The van der Waals surface area contributed by atoms with Gasteiger partial charge in [0.25, 0.3) is 0 Å². The van der Waals surface area contributed by atoms with Crippen LogP contribution in [0.2, 0.25) is 0 Å². The van der Waals surface area contributed by atoms with Gasteiger partial charge in [-0.2, -0.15) is 13.2 Å². The highest BCUT2D eigenvalue weighted by Crippen LogP contribution is 2.43. The van der Waals surface area contributed by atoms with Crippen LogP contribution in [0.3, 0.4) is 0 Å². The summed E-state index contributed by atoms with van der Waals surface area (Å²) in [5.41, 5.74) is 9.57. The molecule has 0 saturated heterocycles. The minimum atomic E-state index is -4.69. The summed E-state index contributed by atoms with van der Waals surface area (Å²) < 4.78 is 54.0. The molecule has 11 heteroatoms. The molecule has 214 valence electrons. The van der Waals surface area contributed by atoms with Gasteiger partial charge in [-0.05, 0) is 60.4 Å². The number of hydrogen-bond acceptors (Lipinski definition) is 7. The summed E-state index contributed by atoms with van der Waals surface area (Å²) in [6, 6.07) is 12.4. The predicted molar refractivity (Wildman–Crippen MR) is 151 cm³/mol. The molecular formula is C30H28F3N3O4S. The lowest BCUT2D eigenvalue weighted by molar-refractivity contribution is -0.198. The molecule has 7 nitrogen and oxygen atoms in total. The first kappa shape index (κ1) is 28.6. The molecular weight excluding hydrogens is 555 g/mol. The average Bonchev–Trinajstić information content (AvgIpc) is 3.41. The third kappa shape index (κ3) is 6.36. The zero-order valence-corrected chi connectivity index (χ0v) is 22.9. The van der Waals surface area contributed by atoms with Gasteiger partial charge in [-0.3, -0.25) is 4.79 Å². The van der Waals surface area contributed by atoms with Gasteiger partial charge in [0.2, 0.25) is 12.0 Å². The highest BCUT2D eigenvalue weighted by atomic mass is 32.1. The van der Waals surface area contributed by atoms with Crippen LogP contribution in [0.25, 0.3) is 26.9 Å². The Bertz CT molecular complexity index is 1570. The summed E-state index contributed by atoms with van der Waals surface area (Å²) in [6.45, 7) is 0. The number of allylic oxidation sites excluding steroid dienone is 2. The lowest BCUT2D eigenvalue weighted by atomic mass is 9.83. The predicted octanol–water partition coefficient (Wildman–Crippen LogP) is 7.03. The zero-order valence-electron chi connectivity index (χ0n) is 22.1. The number of nitrogens with zero attached hydrogens (tertiary/aromatic N) is 2. The quantitative estimate of drug-likeness (QED) is 0.218. The van der Waals surface area contributed by atoms with E-state index in [2.05, 4.69) is 9.97 Å². The largest absolute Gasteiger partial charge is 0.497 e. The van der Waals surface area contributed by atoms with Crippen LogP contribution in [0.4, 0.5) is 13.2 Å². The van der Waals surface area contributed by atoms with Gasteiger partial charge in [0, 0.05) is 16.5 Å². The van der Waals surface area contributed by atoms with Crippen molar-refractivity contribution in [1.29, 1.82) is 0 Å². The summed E-state index contributed by atoms with van der Waals surface area (Å²) in [5, 5.41) is 10.9. The average molecular weight is 584 g/mol. The van der Waals surface area contributed by atoms with E-state index in [-0.39, 0.29) is 17.4 Å². The van der Waals surface area contributed by atoms with Crippen molar-refractivity contribution in [3.63, 3.8) is 0 Å². The Hall–Kier alpha value is -3.96. The number of carbonyl (C=O) groups is 1. The van der Waals surface area contributed by atoms with Gasteiger partial charge in [0.1, 0.15) is 22.8 Å². The molecule has 0 amide bonds. The number of ether oxygens (including phenoxy) is 2. The van der Waals surface area contributed by atoms with Crippen molar-refractivity contribution in [3.05, 3.63) is 77.4 Å². The van der Waals surface area contributed by atoms with Gasteiger partial charge in [0.15, 0.2) is 0 Å². The molecule has 41 heavy (non-hydrogen) atoms. The molecule has 0 fully saturated rings. The van der Waals surface area contributed by atoms with Gasteiger partial charge in [0.05, 0.1) is 12.6 Å². The fourth-order valence-corrected chi connectivity index (χ4v) is 6.01. The second kappa shape index (κ2) is 11.9. The Balaban J connectivity index is 1.38. The molecule has 0 aliphatic heterocycles. The molecule has 2 heterocycles. The number of thiophene rings is 1. The number of carboxylic acid groups (broad SMARTS) is 1. The monoisotopic (exact) mass is 583 g/mol. The molecule has 3 N–H and O–H groups in total. The maximum atomic E-state index is 14.3. The first-order valence-corrected chi connectivity index (χ1v) is 13.9. The van der Waals surface area contributed by atoms with Crippen LogP contribution in [0.1, 0.15) is 42.9 Å². The molecule has 1 unspecified atom stereocenters. The first-order valence-electron chi connectivity index (χ1n) is 13.0. The SMILES string of the molecule is COc1cccc(-c2ccc([C@@H](Oc3ncnc4c(C5=CCC(C[C@H](N)C(=O)O)CC5)csc34)C(F)(F)F)cc2)c1. The number of halogens is 3. The van der Waals surface area contributed by atoms with Gasteiger partial charge in [-0.1, -0.05) is 42.5 Å². The van der Waals surface area contributed by atoms with Crippen molar-refractivity contribution in [2.75, 3.05) is 7.11 Å². The van der Waals surface area contributed by atoms with E-state index in [0.717, 1.165) is 28.7 Å². The number of carboxylic acids is 1. The van der Waals surface area contributed by atoms with Crippen molar-refractivity contribution < 1.29 is 32.5 Å². The number of rotatable bonds is 9. The number of hydrogen-bond donors (Lipinski definition) is 2. The summed E-state index contributed by atoms with van der Waals surface area (Å²) >= 11 is 1.23. The molecule has 0 spiro atoms. The standard InChI is InChI=1S/C30H28F3N3O4S/c1-39-22-4-2-3-21(14-22)18-9-11-20(12-10-18)27(30(31,32)33)40-28-26-25(35-16-36-28)23(15-41-26)19-7-5-17(6-8-19)13-24(34)29(37)38/h2-4,7,9-12,14-17,24,27H,5-6,8,13,34H2,1H3,(H,37,38)/t17?,24-,27+/m0/s1. The lowest BCUT2D eigenvalue weighted by Gasteiger charge is -2.23. The minimum absolute atomic E-state index is 0.0479. The fraction of sp³-hybridized carbons (Fsp3) is 0.300. The first-order chi connectivity index (χ1) is 19.6. The fourth-order valence-electron chi connectivity index (χ4n) is 5.04. The number of benzene rings is 2. The lowest BCUT2D eigenvalue weighted by Crippen LogP contribution is -2.32. The molecule has 1 aliphatic rings. The van der Waals surface area contributed by atoms with Crippen LogP contribution in [-0.2, 0) is 4.79 Å². The van der Waals surface area contributed by atoms with E-state index in [1.807, 2.05) is 29.7 Å². The Labute approximate surface area is 238 Å². The normalized spacial score (nSPS) is 17.1. The maximum absolute atomic E-state index is 14.3. The molecule has 0 saturated carbocycles. The molecule has 0 radical (unpaired) electrons. The Morgan fingerprint density at radius 3 is 2.61 bits per heavy atom. The number of aliphatic carboxylic acids is 1. The Morgan fingerprint density at radius 1 is 1.17 bits per heavy atom. The van der Waals surface area contributed by atoms with Crippen molar-refractivity contribution in [1.82, 2.24) is 9.97 Å². The third-order valence-corrected chi connectivity index (χ3v) is 8.19. The second-order valence-electron chi connectivity index (χ2n) is 9.95. The molecule has 2 aromatic carbocycles. The highest BCUT2D eigenvalue weighted by Gasteiger charge is 2.43. The van der Waals surface area contributed by atoms with E-state index >= 15 is 0 Å². The molecule has 4 aromatic rings. The number of fused-ring (bicyclic) bond motifs is 1. The molecule has 1 aliphatic carbocycles. The molecule has 0 bridgehead atoms. The van der Waals surface area contributed by atoms with Gasteiger partial charge < -0.3 is 20.3 Å². The minimum Gasteiger partial charge on any atom is -0.497 e. The molecule has 5 rings (SSSR count). The van der Waals surface area contributed by atoms with E-state index in [0.29, 0.717) is 35.2 Å². The second-order valence-corrected chi connectivity index (χ2v) is 10.8. The summed E-state index contributed by atoms with van der Waals surface area (Å²) in [5.74, 6) is -0.339. The Morgan fingerprint density at radius 2 is 1.95 bits per heavy atom. The highest BCUT2D eigenvalue weighted by molar-refractivity contribution is 7.17. The zero-order chi connectivity index (χ0) is 29.1. The Kier molecular flexibility index (Phi) is 8.27. The van der Waals surface area contributed by atoms with Crippen LogP contribution in [-0.4, -0.2) is 40.4 Å². The van der Waals surface area contributed by atoms with E-state index in [1.54, 1.807) is 25.3 Å². The van der Waals surface area contributed by atoms with Crippen LogP contribution in [0.15, 0.2) is 66.3 Å². The van der Waals surface area contributed by atoms with Crippen LogP contribution < -0.4 is 15.2 Å². The number of aromatic nitrogens is 2. The van der Waals surface area contributed by atoms with Crippen LogP contribution in [0.5, 0.6) is 11.6 Å². The third-order valence-electron chi connectivity index (χ3n) is 7.23. The summed E-state index contributed by atoms with van der Waals surface area (Å²) in [4.78, 5) is 19.5. The van der Waals surface area contributed by atoms with Crippen molar-refractivity contribution in [2.45, 2.75) is 44.0 Å². The number of methoxy groups -OCH3 is 1. The summed E-state index contributed by atoms with van der Waals surface area (Å²) in [7, 11) is 1.55. The van der Waals surface area contributed by atoms with Crippen LogP contribution >= 0.6 is 11.3 Å². The molecule has 2 aromatic heterocycles. The van der Waals surface area contributed by atoms with E-state index < -0.39 is 24.3 Å². The van der Waals surface area contributed by atoms with Gasteiger partial charge >= 0.3 is 12.1 Å².